The quantitative estimate of drug-likeness (QED) is 0.622. The van der Waals surface area contributed by atoms with Crippen molar-refractivity contribution in [2.24, 2.45) is 0 Å². The molecule has 4 rings (SSSR count). The topological polar surface area (TPSA) is 78.0 Å². The standard InChI is InChI=1S/C23H26FN3O4S/c1-3-25(12-17-7-5-4-6-8-17)22(28)13-26-20-14-32(30,31)15-21(20)27(23(26)29)18-10-9-16(2)19(24)11-18/h4-11,20-21H,3,12-15H2,1-2H3/t20-,21-/m0/s1. The molecule has 170 valence electrons. The molecule has 0 saturated carbocycles. The van der Waals surface area contributed by atoms with Gasteiger partial charge in [-0.25, -0.2) is 17.6 Å². The Balaban J connectivity index is 1.59. The Morgan fingerprint density at radius 1 is 1.12 bits per heavy atom. The van der Waals surface area contributed by atoms with Crippen LogP contribution in [0.15, 0.2) is 48.5 Å². The predicted octanol–water partition coefficient (Wildman–Crippen LogP) is 2.59. The van der Waals surface area contributed by atoms with Gasteiger partial charge in [0.2, 0.25) is 5.91 Å². The van der Waals surface area contributed by atoms with E-state index in [9.17, 15) is 22.4 Å². The van der Waals surface area contributed by atoms with Gasteiger partial charge < -0.3 is 9.80 Å². The Morgan fingerprint density at radius 2 is 1.81 bits per heavy atom. The number of hydrogen-bond donors (Lipinski definition) is 0. The van der Waals surface area contributed by atoms with Gasteiger partial charge in [0.1, 0.15) is 12.4 Å². The minimum absolute atomic E-state index is 0.202. The van der Waals surface area contributed by atoms with Crippen LogP contribution in [0.3, 0.4) is 0 Å². The van der Waals surface area contributed by atoms with Gasteiger partial charge in [-0.2, -0.15) is 0 Å². The highest BCUT2D eigenvalue weighted by Gasteiger charge is 2.54. The van der Waals surface area contributed by atoms with Crippen molar-refractivity contribution in [2.45, 2.75) is 32.5 Å². The van der Waals surface area contributed by atoms with Crippen LogP contribution in [-0.4, -0.2) is 66.8 Å². The van der Waals surface area contributed by atoms with Crippen molar-refractivity contribution in [3.05, 3.63) is 65.5 Å². The lowest BCUT2D eigenvalue weighted by Crippen LogP contribution is -2.45. The second-order valence-electron chi connectivity index (χ2n) is 8.32. The van der Waals surface area contributed by atoms with E-state index in [1.807, 2.05) is 37.3 Å². The van der Waals surface area contributed by atoms with Crippen LogP contribution in [0, 0.1) is 12.7 Å². The van der Waals surface area contributed by atoms with Crippen molar-refractivity contribution in [1.29, 1.82) is 0 Å². The van der Waals surface area contributed by atoms with E-state index in [-0.39, 0.29) is 24.0 Å². The molecule has 2 atom stereocenters. The molecule has 32 heavy (non-hydrogen) atoms. The van der Waals surface area contributed by atoms with Crippen molar-refractivity contribution in [2.75, 3.05) is 29.5 Å². The molecule has 0 radical (unpaired) electrons. The number of fused-ring (bicyclic) bond motifs is 1. The van der Waals surface area contributed by atoms with Crippen molar-refractivity contribution in [3.8, 4) is 0 Å². The highest BCUT2D eigenvalue weighted by atomic mass is 32.2. The number of sulfone groups is 1. The maximum atomic E-state index is 14.2. The molecule has 0 aliphatic carbocycles. The summed E-state index contributed by atoms with van der Waals surface area (Å²) >= 11 is 0. The Hall–Kier alpha value is -2.94. The van der Waals surface area contributed by atoms with E-state index in [4.69, 9.17) is 0 Å². The van der Waals surface area contributed by atoms with Crippen LogP contribution < -0.4 is 4.90 Å². The second kappa shape index (κ2) is 8.54. The van der Waals surface area contributed by atoms with Crippen molar-refractivity contribution in [1.82, 2.24) is 9.80 Å². The zero-order valence-electron chi connectivity index (χ0n) is 18.1. The van der Waals surface area contributed by atoms with E-state index in [2.05, 4.69) is 0 Å². The highest BCUT2D eigenvalue weighted by molar-refractivity contribution is 7.91. The maximum absolute atomic E-state index is 14.2. The van der Waals surface area contributed by atoms with Gasteiger partial charge in [0.15, 0.2) is 9.84 Å². The average molecular weight is 460 g/mol. The summed E-state index contributed by atoms with van der Waals surface area (Å²) in [6, 6.07) is 12.2. The predicted molar refractivity (Wildman–Crippen MR) is 119 cm³/mol. The first kappa shape index (κ1) is 22.3. The molecule has 0 unspecified atom stereocenters. The van der Waals surface area contributed by atoms with Gasteiger partial charge in [0.25, 0.3) is 0 Å². The molecule has 2 saturated heterocycles. The number of nitrogens with zero attached hydrogens (tertiary/aromatic N) is 3. The summed E-state index contributed by atoms with van der Waals surface area (Å²) in [4.78, 5) is 30.7. The van der Waals surface area contributed by atoms with Crippen LogP contribution in [0.4, 0.5) is 14.9 Å². The molecule has 0 N–H and O–H groups in total. The first-order valence-corrected chi connectivity index (χ1v) is 12.4. The summed E-state index contributed by atoms with van der Waals surface area (Å²) in [5, 5.41) is 0. The Morgan fingerprint density at radius 3 is 2.47 bits per heavy atom. The van der Waals surface area contributed by atoms with Crippen LogP contribution in [-0.2, 0) is 21.2 Å². The van der Waals surface area contributed by atoms with Crippen molar-refractivity contribution in [3.63, 3.8) is 0 Å². The molecular weight excluding hydrogens is 433 g/mol. The molecule has 2 aromatic carbocycles. The van der Waals surface area contributed by atoms with E-state index >= 15 is 0 Å². The van der Waals surface area contributed by atoms with Gasteiger partial charge in [-0.05, 0) is 37.1 Å². The van der Waals surface area contributed by atoms with E-state index in [1.54, 1.807) is 24.0 Å². The van der Waals surface area contributed by atoms with E-state index in [0.29, 0.717) is 24.3 Å². The van der Waals surface area contributed by atoms with Crippen LogP contribution in [0.5, 0.6) is 0 Å². The number of urea groups is 1. The number of anilines is 1. The maximum Gasteiger partial charge on any atom is 0.325 e. The molecule has 2 fully saturated rings. The number of benzene rings is 2. The molecule has 7 nitrogen and oxygen atoms in total. The van der Waals surface area contributed by atoms with Gasteiger partial charge in [0, 0.05) is 18.8 Å². The van der Waals surface area contributed by atoms with Crippen LogP contribution in [0.25, 0.3) is 0 Å². The summed E-state index contributed by atoms with van der Waals surface area (Å²) in [6.07, 6.45) is 0. The molecule has 0 spiro atoms. The number of aryl methyl sites for hydroxylation is 1. The monoisotopic (exact) mass is 459 g/mol. The third-order valence-electron chi connectivity index (χ3n) is 6.17. The molecule has 2 heterocycles. The molecular formula is C23H26FN3O4S. The van der Waals surface area contributed by atoms with Crippen molar-refractivity contribution < 1.29 is 22.4 Å². The Kier molecular flexibility index (Phi) is 5.94. The molecule has 2 aliphatic heterocycles. The van der Waals surface area contributed by atoms with E-state index in [0.717, 1.165) is 5.56 Å². The number of rotatable bonds is 6. The molecule has 2 aliphatic rings. The van der Waals surface area contributed by atoms with Crippen LogP contribution >= 0.6 is 0 Å². The average Bonchev–Trinajstić information content (AvgIpc) is 3.19. The fourth-order valence-corrected chi connectivity index (χ4v) is 6.37. The fraction of sp³-hybridized carbons (Fsp3) is 0.391. The summed E-state index contributed by atoms with van der Waals surface area (Å²) in [7, 11) is -3.39. The smallest absolute Gasteiger partial charge is 0.325 e. The number of carbonyl (C=O) groups excluding carboxylic acids is 2. The zero-order chi connectivity index (χ0) is 23.0. The molecule has 3 amide bonds. The second-order valence-corrected chi connectivity index (χ2v) is 10.5. The van der Waals surface area contributed by atoms with Gasteiger partial charge >= 0.3 is 6.03 Å². The number of hydrogen-bond acceptors (Lipinski definition) is 4. The van der Waals surface area contributed by atoms with Gasteiger partial charge in [-0.15, -0.1) is 0 Å². The Bertz CT molecular complexity index is 1140. The fourth-order valence-electron chi connectivity index (χ4n) is 4.42. The lowest BCUT2D eigenvalue weighted by Gasteiger charge is -2.26. The Labute approximate surface area is 187 Å². The lowest BCUT2D eigenvalue weighted by molar-refractivity contribution is -0.132. The van der Waals surface area contributed by atoms with Gasteiger partial charge in [-0.3, -0.25) is 9.69 Å². The summed E-state index contributed by atoms with van der Waals surface area (Å²) in [5.41, 5.74) is 1.70. The summed E-state index contributed by atoms with van der Waals surface area (Å²) in [5.74, 6) is -1.14. The summed E-state index contributed by atoms with van der Waals surface area (Å²) in [6.45, 7) is 4.11. The minimum atomic E-state index is -3.39. The number of likely N-dealkylation sites (N-methyl/N-ethyl adjacent to an activating group) is 1. The third kappa shape index (κ3) is 4.21. The first-order valence-electron chi connectivity index (χ1n) is 10.6. The van der Waals surface area contributed by atoms with Crippen LogP contribution in [0.1, 0.15) is 18.1 Å². The number of halogens is 1. The molecule has 0 bridgehead atoms. The van der Waals surface area contributed by atoms with E-state index < -0.39 is 33.8 Å². The molecule has 2 aromatic rings. The van der Waals surface area contributed by atoms with E-state index in [1.165, 1.54) is 15.9 Å². The highest BCUT2D eigenvalue weighted by Crippen LogP contribution is 2.35. The van der Waals surface area contributed by atoms with Gasteiger partial charge in [-0.1, -0.05) is 36.4 Å². The largest absolute Gasteiger partial charge is 0.337 e. The SMILES string of the molecule is CCN(Cc1ccccc1)C(=O)CN1C(=O)N(c2ccc(C)c(F)c2)[C@H]2CS(=O)(=O)C[C@@H]21. The van der Waals surface area contributed by atoms with Gasteiger partial charge in [0.05, 0.1) is 23.6 Å². The molecule has 9 heteroatoms. The van der Waals surface area contributed by atoms with Crippen molar-refractivity contribution >= 4 is 27.5 Å². The number of amides is 3. The van der Waals surface area contributed by atoms with Crippen LogP contribution in [0.2, 0.25) is 0 Å². The summed E-state index contributed by atoms with van der Waals surface area (Å²) < 4.78 is 38.9. The number of carbonyl (C=O) groups is 2. The lowest BCUT2D eigenvalue weighted by atomic mass is 10.1. The molecule has 0 aromatic heterocycles. The zero-order valence-corrected chi connectivity index (χ0v) is 18.9. The normalized spacial score (nSPS) is 21.7. The first-order chi connectivity index (χ1) is 15.2. The third-order valence-corrected chi connectivity index (χ3v) is 7.87. The minimum Gasteiger partial charge on any atom is -0.337 e.